The number of benzene rings is 2. The van der Waals surface area contributed by atoms with Crippen molar-refractivity contribution in [2.75, 3.05) is 26.4 Å². The van der Waals surface area contributed by atoms with Crippen molar-refractivity contribution in [3.63, 3.8) is 0 Å². The van der Waals surface area contributed by atoms with Crippen LogP contribution in [0.4, 0.5) is 0 Å². The lowest BCUT2D eigenvalue weighted by Gasteiger charge is -2.20. The minimum absolute atomic E-state index is 0.0521. The number of nitrogens with zero attached hydrogens (tertiary/aromatic N) is 2. The molecule has 2 atom stereocenters. The van der Waals surface area contributed by atoms with E-state index in [0.717, 1.165) is 47.4 Å². The Hall–Kier alpha value is -2.83. The van der Waals surface area contributed by atoms with E-state index < -0.39 is 0 Å². The number of rotatable bonds is 8. The van der Waals surface area contributed by atoms with Gasteiger partial charge in [-0.1, -0.05) is 20.8 Å². The van der Waals surface area contributed by atoms with Crippen molar-refractivity contribution in [2.45, 2.75) is 45.3 Å². The standard InChI is InChI=1S/C26H30N2O4/c1-17-24(26(2,3)4)25(18-5-9-20(10-6-18)29-13-22-15-31-22)27-28(17)19-7-11-21(12-8-19)30-14-23-16-32-23/h5-12,22-23H,13-16H2,1-4H3. The second-order valence-corrected chi connectivity index (χ2v) is 9.52. The molecule has 5 rings (SSSR count). The number of ether oxygens (including phenoxy) is 4. The molecule has 168 valence electrons. The van der Waals surface area contributed by atoms with E-state index in [9.17, 15) is 0 Å². The zero-order valence-electron chi connectivity index (χ0n) is 19.1. The lowest BCUT2D eigenvalue weighted by atomic mass is 9.84. The molecular weight excluding hydrogens is 404 g/mol. The second kappa shape index (κ2) is 8.26. The maximum Gasteiger partial charge on any atom is 0.119 e. The average Bonchev–Trinajstić information content (AvgIpc) is 3.70. The first-order valence-corrected chi connectivity index (χ1v) is 11.2. The first-order valence-electron chi connectivity index (χ1n) is 11.2. The predicted octanol–water partition coefficient (Wildman–Crippen LogP) is 4.70. The van der Waals surface area contributed by atoms with E-state index in [1.807, 2.05) is 28.9 Å². The van der Waals surface area contributed by atoms with E-state index in [2.05, 4.69) is 52.0 Å². The average molecular weight is 435 g/mol. The largest absolute Gasteiger partial charge is 0.491 e. The quantitative estimate of drug-likeness (QED) is 0.481. The van der Waals surface area contributed by atoms with Gasteiger partial charge in [-0.3, -0.25) is 0 Å². The van der Waals surface area contributed by atoms with Crippen LogP contribution in [0.2, 0.25) is 0 Å². The van der Waals surface area contributed by atoms with Crippen molar-refractivity contribution in [2.24, 2.45) is 0 Å². The molecule has 2 aliphatic heterocycles. The molecule has 0 radical (unpaired) electrons. The number of epoxide rings is 2. The molecule has 3 heterocycles. The normalized spacial score (nSPS) is 19.6. The van der Waals surface area contributed by atoms with Crippen LogP contribution >= 0.6 is 0 Å². The molecule has 2 fully saturated rings. The molecule has 0 spiro atoms. The fourth-order valence-corrected chi connectivity index (χ4v) is 3.95. The highest BCUT2D eigenvalue weighted by atomic mass is 16.6. The van der Waals surface area contributed by atoms with Gasteiger partial charge in [-0.05, 0) is 60.9 Å². The summed E-state index contributed by atoms with van der Waals surface area (Å²) in [5.41, 5.74) is 5.42. The van der Waals surface area contributed by atoms with Crippen LogP contribution in [0.1, 0.15) is 32.0 Å². The van der Waals surface area contributed by atoms with Gasteiger partial charge < -0.3 is 18.9 Å². The summed E-state index contributed by atoms with van der Waals surface area (Å²) in [4.78, 5) is 0. The van der Waals surface area contributed by atoms with Gasteiger partial charge in [-0.25, -0.2) is 4.68 Å². The summed E-state index contributed by atoms with van der Waals surface area (Å²) in [5.74, 6) is 1.70. The molecule has 6 nitrogen and oxygen atoms in total. The van der Waals surface area contributed by atoms with Crippen LogP contribution in [0, 0.1) is 6.92 Å². The van der Waals surface area contributed by atoms with Crippen molar-refractivity contribution in [1.29, 1.82) is 0 Å². The first kappa shape index (κ1) is 21.0. The Balaban J connectivity index is 1.42. The molecule has 0 aliphatic carbocycles. The molecular formula is C26H30N2O4. The Bertz CT molecular complexity index is 1070. The molecule has 1 aromatic heterocycles. The van der Waals surface area contributed by atoms with Crippen LogP contribution in [0.3, 0.4) is 0 Å². The topological polar surface area (TPSA) is 61.3 Å². The fourth-order valence-electron chi connectivity index (χ4n) is 3.95. The summed E-state index contributed by atoms with van der Waals surface area (Å²) in [7, 11) is 0. The second-order valence-electron chi connectivity index (χ2n) is 9.52. The maximum atomic E-state index is 5.80. The van der Waals surface area contributed by atoms with Crippen molar-refractivity contribution >= 4 is 0 Å². The molecule has 2 aliphatic rings. The van der Waals surface area contributed by atoms with Crippen LogP contribution in [0.25, 0.3) is 16.9 Å². The van der Waals surface area contributed by atoms with E-state index in [1.165, 1.54) is 5.56 Å². The van der Waals surface area contributed by atoms with E-state index in [-0.39, 0.29) is 17.6 Å². The Morgan fingerprint density at radius 1 is 0.875 bits per heavy atom. The summed E-state index contributed by atoms with van der Waals surface area (Å²) in [6.07, 6.45) is 0.498. The SMILES string of the molecule is Cc1c(C(C)(C)C)c(-c2ccc(OCC3CO3)cc2)nn1-c1ccc(OCC2CO2)cc1. The number of hydrogen-bond acceptors (Lipinski definition) is 5. The highest BCUT2D eigenvalue weighted by molar-refractivity contribution is 5.67. The fraction of sp³-hybridized carbons (Fsp3) is 0.423. The van der Waals surface area contributed by atoms with Gasteiger partial charge in [0.05, 0.1) is 24.6 Å². The van der Waals surface area contributed by atoms with Crippen LogP contribution in [0.15, 0.2) is 48.5 Å². The molecule has 0 saturated carbocycles. The Labute approximate surface area is 189 Å². The van der Waals surface area contributed by atoms with E-state index >= 15 is 0 Å². The molecule has 0 bridgehead atoms. The maximum absolute atomic E-state index is 5.80. The van der Waals surface area contributed by atoms with E-state index in [4.69, 9.17) is 24.0 Å². The molecule has 3 aromatic rings. The van der Waals surface area contributed by atoms with Crippen molar-refractivity contribution in [3.8, 4) is 28.4 Å². The zero-order chi connectivity index (χ0) is 22.3. The molecule has 0 N–H and O–H groups in total. The van der Waals surface area contributed by atoms with Gasteiger partial charge in [-0.15, -0.1) is 0 Å². The monoisotopic (exact) mass is 434 g/mol. The minimum Gasteiger partial charge on any atom is -0.491 e. The van der Waals surface area contributed by atoms with Gasteiger partial charge >= 0.3 is 0 Å². The summed E-state index contributed by atoms with van der Waals surface area (Å²) in [6.45, 7) is 11.6. The lowest BCUT2D eigenvalue weighted by Crippen LogP contribution is -2.13. The van der Waals surface area contributed by atoms with Gasteiger partial charge in [0.15, 0.2) is 0 Å². The van der Waals surface area contributed by atoms with Crippen LogP contribution in [-0.4, -0.2) is 48.4 Å². The Kier molecular flexibility index (Phi) is 5.43. The van der Waals surface area contributed by atoms with E-state index in [1.54, 1.807) is 0 Å². The van der Waals surface area contributed by atoms with Gasteiger partial charge in [0.1, 0.15) is 36.9 Å². The molecule has 6 heteroatoms. The number of hydrogen-bond donors (Lipinski definition) is 0. The first-order chi connectivity index (χ1) is 15.4. The Morgan fingerprint density at radius 2 is 1.38 bits per heavy atom. The smallest absolute Gasteiger partial charge is 0.119 e. The third-order valence-corrected chi connectivity index (χ3v) is 5.75. The third kappa shape index (κ3) is 4.66. The molecule has 2 saturated heterocycles. The van der Waals surface area contributed by atoms with Gasteiger partial charge in [0.2, 0.25) is 0 Å². The van der Waals surface area contributed by atoms with Gasteiger partial charge in [0.25, 0.3) is 0 Å². The highest BCUT2D eigenvalue weighted by Crippen LogP contribution is 2.36. The van der Waals surface area contributed by atoms with Gasteiger partial charge in [-0.2, -0.15) is 5.10 Å². The third-order valence-electron chi connectivity index (χ3n) is 5.75. The van der Waals surface area contributed by atoms with Crippen LogP contribution in [0.5, 0.6) is 11.5 Å². The highest BCUT2D eigenvalue weighted by Gasteiger charge is 2.27. The summed E-state index contributed by atoms with van der Waals surface area (Å²) in [5, 5.41) is 5.04. The molecule has 0 amide bonds. The molecule has 32 heavy (non-hydrogen) atoms. The predicted molar refractivity (Wildman–Crippen MR) is 123 cm³/mol. The van der Waals surface area contributed by atoms with Crippen molar-refractivity contribution < 1.29 is 18.9 Å². The van der Waals surface area contributed by atoms with E-state index in [0.29, 0.717) is 13.2 Å². The van der Waals surface area contributed by atoms with Gasteiger partial charge in [0, 0.05) is 16.8 Å². The molecule has 2 aromatic carbocycles. The van der Waals surface area contributed by atoms with Crippen LogP contribution in [-0.2, 0) is 14.9 Å². The van der Waals surface area contributed by atoms with Crippen molar-refractivity contribution in [1.82, 2.24) is 9.78 Å². The zero-order valence-corrected chi connectivity index (χ0v) is 19.1. The minimum atomic E-state index is -0.0521. The summed E-state index contributed by atoms with van der Waals surface area (Å²) < 4.78 is 24.0. The summed E-state index contributed by atoms with van der Waals surface area (Å²) >= 11 is 0. The van der Waals surface area contributed by atoms with Crippen molar-refractivity contribution in [3.05, 3.63) is 59.8 Å². The molecule has 2 unspecified atom stereocenters. The Morgan fingerprint density at radius 3 is 1.84 bits per heavy atom. The van der Waals surface area contributed by atoms with Crippen LogP contribution < -0.4 is 9.47 Å². The number of aromatic nitrogens is 2. The summed E-state index contributed by atoms with van der Waals surface area (Å²) in [6, 6.07) is 16.3. The lowest BCUT2D eigenvalue weighted by molar-refractivity contribution is 0.263.